The highest BCUT2D eigenvalue weighted by atomic mass is 16.8. The lowest BCUT2D eigenvalue weighted by Gasteiger charge is -2.35. The molecule has 1 fully saturated rings. The Bertz CT molecular complexity index is 618. The van der Waals surface area contributed by atoms with E-state index in [-0.39, 0.29) is 5.97 Å². The maximum atomic E-state index is 11.6. The van der Waals surface area contributed by atoms with E-state index in [9.17, 15) is 4.79 Å². The summed E-state index contributed by atoms with van der Waals surface area (Å²) in [5, 5.41) is 0. The summed E-state index contributed by atoms with van der Waals surface area (Å²) in [7, 11) is 0. The fourth-order valence-electron chi connectivity index (χ4n) is 2.73. The van der Waals surface area contributed by atoms with Gasteiger partial charge in [0.15, 0.2) is 6.10 Å². The summed E-state index contributed by atoms with van der Waals surface area (Å²) in [6.07, 6.45) is -0.656. The molecule has 1 saturated heterocycles. The van der Waals surface area contributed by atoms with Crippen LogP contribution in [0.15, 0.2) is 60.7 Å². The van der Waals surface area contributed by atoms with Crippen LogP contribution in [0.5, 0.6) is 0 Å². The number of hydrogen-bond acceptors (Lipinski definition) is 4. The zero-order valence-corrected chi connectivity index (χ0v) is 12.4. The molecule has 0 aromatic heterocycles. The molecule has 114 valence electrons. The van der Waals surface area contributed by atoms with E-state index in [1.807, 2.05) is 60.7 Å². The Kier molecular flexibility index (Phi) is 4.22. The highest BCUT2D eigenvalue weighted by Gasteiger charge is 2.49. The number of hydrogen-bond donors (Lipinski definition) is 0. The van der Waals surface area contributed by atoms with Gasteiger partial charge < -0.3 is 14.2 Å². The van der Waals surface area contributed by atoms with Crippen LogP contribution < -0.4 is 0 Å². The Morgan fingerprint density at radius 2 is 1.55 bits per heavy atom. The molecule has 0 radical (unpaired) electrons. The molecule has 0 saturated carbocycles. The molecule has 0 unspecified atom stereocenters. The molecule has 22 heavy (non-hydrogen) atoms. The van der Waals surface area contributed by atoms with Crippen molar-refractivity contribution in [1.82, 2.24) is 0 Å². The fourth-order valence-corrected chi connectivity index (χ4v) is 2.73. The first-order valence-electron chi connectivity index (χ1n) is 7.28. The van der Waals surface area contributed by atoms with Crippen molar-refractivity contribution in [2.45, 2.75) is 18.8 Å². The normalized spacial score (nSPS) is 17.9. The van der Waals surface area contributed by atoms with Gasteiger partial charge in [0.1, 0.15) is 0 Å². The van der Waals surface area contributed by atoms with E-state index in [4.69, 9.17) is 14.2 Å². The second-order valence-corrected chi connectivity index (χ2v) is 5.13. The Morgan fingerprint density at radius 3 is 2.09 bits per heavy atom. The molecule has 0 spiro atoms. The topological polar surface area (TPSA) is 44.8 Å². The number of carbonyl (C=O) groups excluding carboxylic acids is 1. The molecule has 1 aliphatic heterocycles. The molecule has 4 heteroatoms. The largest absolute Gasteiger partial charge is 0.451 e. The van der Waals surface area contributed by atoms with Crippen LogP contribution in [0, 0.1) is 0 Å². The smallest absolute Gasteiger partial charge is 0.303 e. The molecule has 0 aliphatic carbocycles. The second kappa shape index (κ2) is 6.30. The Labute approximate surface area is 129 Å². The van der Waals surface area contributed by atoms with Gasteiger partial charge in [-0.25, -0.2) is 0 Å². The van der Waals surface area contributed by atoms with Crippen molar-refractivity contribution in [3.05, 3.63) is 71.8 Å². The zero-order chi connectivity index (χ0) is 15.4. The van der Waals surface area contributed by atoms with E-state index in [1.165, 1.54) is 6.92 Å². The second-order valence-electron chi connectivity index (χ2n) is 5.13. The highest BCUT2D eigenvalue weighted by Crippen LogP contribution is 2.44. The van der Waals surface area contributed by atoms with Gasteiger partial charge in [-0.05, 0) is 5.56 Å². The van der Waals surface area contributed by atoms with Crippen LogP contribution in [0.2, 0.25) is 0 Å². The zero-order valence-electron chi connectivity index (χ0n) is 12.4. The summed E-state index contributed by atoms with van der Waals surface area (Å²) in [6.45, 7) is 2.31. The first-order chi connectivity index (χ1) is 10.7. The van der Waals surface area contributed by atoms with Gasteiger partial charge in [-0.1, -0.05) is 60.7 Å². The van der Waals surface area contributed by atoms with Crippen LogP contribution in [-0.4, -0.2) is 19.2 Å². The molecule has 2 aromatic carbocycles. The summed E-state index contributed by atoms with van der Waals surface area (Å²) in [5.41, 5.74) is 1.67. The molecule has 0 bridgehead atoms. The van der Waals surface area contributed by atoms with Crippen LogP contribution in [0.4, 0.5) is 0 Å². The Morgan fingerprint density at radius 1 is 1.00 bits per heavy atom. The first kappa shape index (κ1) is 14.8. The summed E-state index contributed by atoms with van der Waals surface area (Å²) < 4.78 is 17.5. The van der Waals surface area contributed by atoms with E-state index in [0.29, 0.717) is 13.2 Å². The average molecular weight is 298 g/mol. The average Bonchev–Trinajstić information content (AvgIpc) is 3.05. The van der Waals surface area contributed by atoms with E-state index in [2.05, 4.69) is 0 Å². The van der Waals surface area contributed by atoms with E-state index in [1.54, 1.807) is 0 Å². The predicted molar refractivity (Wildman–Crippen MR) is 81.0 cm³/mol. The molecular weight excluding hydrogens is 280 g/mol. The summed E-state index contributed by atoms with van der Waals surface area (Å²) >= 11 is 0. The van der Waals surface area contributed by atoms with Gasteiger partial charge in [0, 0.05) is 12.5 Å². The third-order valence-corrected chi connectivity index (χ3v) is 3.62. The maximum Gasteiger partial charge on any atom is 0.303 e. The van der Waals surface area contributed by atoms with Crippen molar-refractivity contribution >= 4 is 5.97 Å². The molecule has 2 aromatic rings. The van der Waals surface area contributed by atoms with Crippen LogP contribution in [0.3, 0.4) is 0 Å². The van der Waals surface area contributed by atoms with Gasteiger partial charge in [0.2, 0.25) is 5.79 Å². The van der Waals surface area contributed by atoms with Gasteiger partial charge >= 0.3 is 5.97 Å². The summed E-state index contributed by atoms with van der Waals surface area (Å²) in [5.74, 6) is -1.47. The van der Waals surface area contributed by atoms with Crippen molar-refractivity contribution in [2.75, 3.05) is 13.2 Å². The molecule has 3 rings (SSSR count). The van der Waals surface area contributed by atoms with Crippen molar-refractivity contribution < 1.29 is 19.0 Å². The van der Waals surface area contributed by atoms with E-state index in [0.717, 1.165) is 11.1 Å². The number of esters is 1. The van der Waals surface area contributed by atoms with Crippen molar-refractivity contribution in [3.63, 3.8) is 0 Å². The van der Waals surface area contributed by atoms with Crippen molar-refractivity contribution in [2.24, 2.45) is 0 Å². The molecule has 1 heterocycles. The molecule has 4 nitrogen and oxygen atoms in total. The Balaban J connectivity index is 2.08. The standard InChI is InChI=1S/C18H18O4/c1-14(19)22-17(15-8-4-2-5-9-15)18(20-12-13-21-18)16-10-6-3-7-11-16/h2-11,17H,12-13H2,1H3/t17-/m1/s1. The maximum absolute atomic E-state index is 11.6. The molecule has 0 N–H and O–H groups in total. The third-order valence-electron chi connectivity index (χ3n) is 3.62. The molecule has 0 amide bonds. The minimum absolute atomic E-state index is 0.372. The summed E-state index contributed by atoms with van der Waals surface area (Å²) in [6, 6.07) is 19.1. The quantitative estimate of drug-likeness (QED) is 0.813. The lowest BCUT2D eigenvalue weighted by Crippen LogP contribution is -2.37. The molecule has 1 atom stereocenters. The van der Waals surface area contributed by atoms with Crippen LogP contribution >= 0.6 is 0 Å². The van der Waals surface area contributed by atoms with Crippen molar-refractivity contribution in [1.29, 1.82) is 0 Å². The lowest BCUT2D eigenvalue weighted by molar-refractivity contribution is -0.242. The monoisotopic (exact) mass is 298 g/mol. The lowest BCUT2D eigenvalue weighted by atomic mass is 9.94. The van der Waals surface area contributed by atoms with E-state index < -0.39 is 11.9 Å². The SMILES string of the molecule is CC(=O)O[C@H](c1ccccc1)C1(c2ccccc2)OCCO1. The van der Waals surface area contributed by atoms with Crippen LogP contribution in [-0.2, 0) is 24.8 Å². The van der Waals surface area contributed by atoms with Gasteiger partial charge in [-0.3, -0.25) is 4.79 Å². The van der Waals surface area contributed by atoms with Crippen molar-refractivity contribution in [3.8, 4) is 0 Å². The number of benzene rings is 2. The van der Waals surface area contributed by atoms with Gasteiger partial charge in [0.05, 0.1) is 13.2 Å². The summed E-state index contributed by atoms with van der Waals surface area (Å²) in [4.78, 5) is 11.6. The minimum Gasteiger partial charge on any atom is -0.451 e. The predicted octanol–water partition coefficient (Wildman–Crippen LogP) is 3.19. The molecular formula is C18H18O4. The molecule has 1 aliphatic rings. The number of rotatable bonds is 4. The van der Waals surface area contributed by atoms with Crippen LogP contribution in [0.25, 0.3) is 0 Å². The minimum atomic E-state index is -1.10. The number of ether oxygens (including phenoxy) is 3. The fraction of sp³-hybridized carbons (Fsp3) is 0.278. The first-order valence-corrected chi connectivity index (χ1v) is 7.28. The third kappa shape index (κ3) is 2.75. The van der Waals surface area contributed by atoms with Gasteiger partial charge in [-0.15, -0.1) is 0 Å². The number of carbonyl (C=O) groups is 1. The Hall–Kier alpha value is -2.17. The van der Waals surface area contributed by atoms with Crippen LogP contribution in [0.1, 0.15) is 24.2 Å². The van der Waals surface area contributed by atoms with Gasteiger partial charge in [0.25, 0.3) is 0 Å². The van der Waals surface area contributed by atoms with Gasteiger partial charge in [-0.2, -0.15) is 0 Å². The highest BCUT2D eigenvalue weighted by molar-refractivity contribution is 5.66. The van der Waals surface area contributed by atoms with E-state index >= 15 is 0 Å².